The zero-order valence-electron chi connectivity index (χ0n) is 20.0. The molecular weight excluding hydrogens is 444 g/mol. The van der Waals surface area contributed by atoms with Gasteiger partial charge in [0.2, 0.25) is 0 Å². The Morgan fingerprint density at radius 3 is 2.61 bits per heavy atom. The highest BCUT2D eigenvalue weighted by atomic mass is 16.1. The van der Waals surface area contributed by atoms with E-state index in [0.29, 0.717) is 17.6 Å². The average molecular weight is 471 g/mol. The van der Waals surface area contributed by atoms with Crippen LogP contribution in [0.15, 0.2) is 103 Å². The lowest BCUT2D eigenvalue weighted by Gasteiger charge is -2.29. The number of pyridine rings is 1. The molecule has 0 fully saturated rings. The minimum absolute atomic E-state index is 0.0448. The number of aryl methyl sites for hydroxylation is 1. The predicted molar refractivity (Wildman–Crippen MR) is 143 cm³/mol. The number of H-pyrrole nitrogens is 1. The summed E-state index contributed by atoms with van der Waals surface area (Å²) in [4.78, 5) is 33.5. The number of rotatable bonds is 2. The smallest absolute Gasteiger partial charge is 0.191 e. The lowest BCUT2D eigenvalue weighted by atomic mass is 9.72. The van der Waals surface area contributed by atoms with Crippen molar-refractivity contribution in [3.8, 4) is 0 Å². The molecular formula is C32H26N2O2. The molecule has 7 rings (SSSR count). The lowest BCUT2D eigenvalue weighted by molar-refractivity contribution is -0.111. The predicted octanol–water partition coefficient (Wildman–Crippen LogP) is 6.39. The minimum Gasteiger partial charge on any atom is -0.365 e. The maximum absolute atomic E-state index is 13.6. The Kier molecular flexibility index (Phi) is 5.78. The molecule has 3 aliphatic rings. The molecule has 0 atom stereocenters. The van der Waals surface area contributed by atoms with Crippen molar-refractivity contribution in [1.82, 2.24) is 9.97 Å². The fourth-order valence-corrected chi connectivity index (χ4v) is 5.49. The first-order valence-corrected chi connectivity index (χ1v) is 12.5. The molecule has 4 heteroatoms. The van der Waals surface area contributed by atoms with Crippen LogP contribution >= 0.6 is 0 Å². The molecule has 1 N–H and O–H groups in total. The molecule has 4 aromatic rings. The van der Waals surface area contributed by atoms with Gasteiger partial charge in [-0.2, -0.15) is 0 Å². The minimum atomic E-state index is -0.0600. The third kappa shape index (κ3) is 3.95. The van der Waals surface area contributed by atoms with Crippen LogP contribution in [0.1, 0.15) is 45.5 Å². The van der Waals surface area contributed by atoms with Gasteiger partial charge in [-0.1, -0.05) is 54.6 Å². The van der Waals surface area contributed by atoms with E-state index in [9.17, 15) is 9.59 Å². The van der Waals surface area contributed by atoms with Crippen LogP contribution in [0, 0.1) is 0 Å². The first-order chi connectivity index (χ1) is 17.7. The summed E-state index contributed by atoms with van der Waals surface area (Å²) in [5.74, 6) is -0.0152. The van der Waals surface area contributed by atoms with E-state index in [1.54, 1.807) is 18.3 Å². The average Bonchev–Trinajstić information content (AvgIpc) is 3.41. The normalized spacial score (nSPS) is 16.1. The van der Waals surface area contributed by atoms with Crippen molar-refractivity contribution < 1.29 is 9.59 Å². The van der Waals surface area contributed by atoms with Crippen LogP contribution in [-0.4, -0.2) is 21.5 Å². The van der Waals surface area contributed by atoms with Gasteiger partial charge in [0.05, 0.1) is 5.52 Å². The van der Waals surface area contributed by atoms with Crippen LogP contribution in [0.25, 0.3) is 16.5 Å². The summed E-state index contributed by atoms with van der Waals surface area (Å²) in [7, 11) is 0. The molecule has 0 amide bonds. The van der Waals surface area contributed by atoms with Gasteiger partial charge >= 0.3 is 0 Å². The van der Waals surface area contributed by atoms with Crippen molar-refractivity contribution >= 4 is 28.0 Å². The second kappa shape index (κ2) is 9.38. The number of aromatic amines is 1. The molecule has 3 aliphatic carbocycles. The lowest BCUT2D eigenvalue weighted by Crippen LogP contribution is -2.25. The summed E-state index contributed by atoms with van der Waals surface area (Å²) < 4.78 is 0. The molecule has 36 heavy (non-hydrogen) atoms. The van der Waals surface area contributed by atoms with Crippen LogP contribution in [-0.2, 0) is 24.1 Å². The zero-order chi connectivity index (χ0) is 24.5. The number of nitrogens with zero attached hydrogens (tertiary/aromatic N) is 1. The Balaban J connectivity index is 0.000000223. The number of nitrogens with one attached hydrogen (secondary N) is 1. The second-order valence-corrected chi connectivity index (χ2v) is 9.41. The quantitative estimate of drug-likeness (QED) is 0.369. The molecule has 176 valence electrons. The number of carbonyl (C=O) groups excluding carboxylic acids is 2. The van der Waals surface area contributed by atoms with E-state index in [4.69, 9.17) is 0 Å². The highest BCUT2D eigenvalue weighted by Crippen LogP contribution is 2.42. The van der Waals surface area contributed by atoms with Crippen LogP contribution < -0.4 is 0 Å². The van der Waals surface area contributed by atoms with Crippen molar-refractivity contribution in [3.05, 3.63) is 130 Å². The van der Waals surface area contributed by atoms with Crippen molar-refractivity contribution in [2.75, 3.05) is 0 Å². The molecule has 2 aromatic carbocycles. The molecule has 0 radical (unpaired) electrons. The van der Waals surface area contributed by atoms with E-state index < -0.39 is 0 Å². The maximum atomic E-state index is 13.6. The van der Waals surface area contributed by atoms with Crippen LogP contribution in [0.4, 0.5) is 0 Å². The molecule has 0 saturated carbocycles. The Morgan fingerprint density at radius 2 is 1.75 bits per heavy atom. The fraction of sp³-hybridized carbons (Fsp3) is 0.156. The number of hydrogen-bond donors (Lipinski definition) is 1. The number of hydrogen-bond acceptors (Lipinski definition) is 3. The van der Waals surface area contributed by atoms with Gasteiger partial charge in [0.1, 0.15) is 0 Å². The van der Waals surface area contributed by atoms with E-state index in [1.807, 2.05) is 60.9 Å². The van der Waals surface area contributed by atoms with Gasteiger partial charge in [0.25, 0.3) is 0 Å². The van der Waals surface area contributed by atoms with Gasteiger partial charge in [-0.15, -0.1) is 0 Å². The number of Topliss-reactive ketones (excluding diaryl/α,β-unsaturated/α-hetero) is 1. The first kappa shape index (κ1) is 22.2. The Labute approximate surface area is 210 Å². The molecule has 0 unspecified atom stereocenters. The number of fused-ring (bicyclic) bond motifs is 6. The van der Waals surface area contributed by atoms with Gasteiger partial charge in [-0.05, 0) is 71.7 Å². The highest BCUT2D eigenvalue weighted by molar-refractivity contribution is 6.29. The molecule has 2 aromatic heterocycles. The van der Waals surface area contributed by atoms with Gasteiger partial charge in [0, 0.05) is 47.1 Å². The molecule has 2 heterocycles. The summed E-state index contributed by atoms with van der Waals surface area (Å²) in [5.41, 5.74) is 8.52. The summed E-state index contributed by atoms with van der Waals surface area (Å²) in [6, 6.07) is 18.1. The number of carbonyl (C=O) groups is 2. The number of aromatic nitrogens is 2. The Morgan fingerprint density at radius 1 is 0.889 bits per heavy atom. The first-order valence-electron chi connectivity index (χ1n) is 12.5. The van der Waals surface area contributed by atoms with Crippen molar-refractivity contribution in [2.45, 2.75) is 32.1 Å². The van der Waals surface area contributed by atoms with Crippen LogP contribution in [0.3, 0.4) is 0 Å². The Hall–Kier alpha value is -4.31. The fourth-order valence-electron chi connectivity index (χ4n) is 5.49. The molecule has 0 saturated heterocycles. The van der Waals surface area contributed by atoms with E-state index >= 15 is 0 Å². The van der Waals surface area contributed by atoms with E-state index in [0.717, 1.165) is 52.4 Å². The maximum Gasteiger partial charge on any atom is 0.191 e. The molecule has 0 aliphatic heterocycles. The molecule has 4 nitrogen and oxygen atoms in total. The van der Waals surface area contributed by atoms with Crippen LogP contribution in [0.5, 0.6) is 0 Å². The SMILES string of the molecule is O=C1C=CC=C2C1=C(Cc1ccccc1)C(=O)c1c2ccc2c1CCCC2.c1cnc2c[nH]cc2c1. The standard InChI is InChI=1S/C25H20O2.C7H6N2/c26-22-12-6-11-19-20-14-13-17-9-4-5-10-18(17)24(20)25(27)21(23(19)22)15-16-7-2-1-3-8-16;1-2-6-4-8-5-7(6)9-3-1/h1-3,6-8,11-14H,4-5,9-10,15H2;1-5,8H. The number of ketones is 2. The third-order valence-corrected chi connectivity index (χ3v) is 7.21. The van der Waals surface area contributed by atoms with Crippen molar-refractivity contribution in [1.29, 1.82) is 0 Å². The molecule has 0 bridgehead atoms. The topological polar surface area (TPSA) is 62.8 Å². The van der Waals surface area contributed by atoms with E-state index in [2.05, 4.69) is 22.1 Å². The van der Waals surface area contributed by atoms with Gasteiger partial charge in [-0.25, -0.2) is 0 Å². The van der Waals surface area contributed by atoms with E-state index in [1.165, 1.54) is 17.5 Å². The van der Waals surface area contributed by atoms with Crippen LogP contribution in [0.2, 0.25) is 0 Å². The third-order valence-electron chi connectivity index (χ3n) is 7.21. The highest BCUT2D eigenvalue weighted by Gasteiger charge is 2.35. The number of benzene rings is 2. The largest absolute Gasteiger partial charge is 0.365 e. The summed E-state index contributed by atoms with van der Waals surface area (Å²) in [6.07, 6.45) is 15.8. The number of allylic oxidation sites excluding steroid dienone is 6. The molecule has 0 spiro atoms. The monoisotopic (exact) mass is 470 g/mol. The summed E-state index contributed by atoms with van der Waals surface area (Å²) in [6.45, 7) is 0. The van der Waals surface area contributed by atoms with Gasteiger partial charge in [-0.3, -0.25) is 14.6 Å². The second-order valence-electron chi connectivity index (χ2n) is 9.41. The van der Waals surface area contributed by atoms with Gasteiger partial charge < -0.3 is 4.98 Å². The summed E-state index contributed by atoms with van der Waals surface area (Å²) >= 11 is 0. The van der Waals surface area contributed by atoms with E-state index in [-0.39, 0.29) is 11.6 Å². The Bertz CT molecular complexity index is 1550. The van der Waals surface area contributed by atoms with Gasteiger partial charge in [0.15, 0.2) is 11.6 Å². The zero-order valence-corrected chi connectivity index (χ0v) is 20.0. The van der Waals surface area contributed by atoms with Crippen molar-refractivity contribution in [2.24, 2.45) is 0 Å². The van der Waals surface area contributed by atoms with Crippen molar-refractivity contribution in [3.63, 3.8) is 0 Å². The summed E-state index contributed by atoms with van der Waals surface area (Å²) in [5, 5.41) is 1.16.